The van der Waals surface area contributed by atoms with Gasteiger partial charge in [0.2, 0.25) is 6.79 Å². The number of nitrogens with zero attached hydrogens (tertiary/aromatic N) is 1. The summed E-state index contributed by atoms with van der Waals surface area (Å²) in [7, 11) is 0. The molecule has 0 bridgehead atoms. The van der Waals surface area contributed by atoms with Crippen molar-refractivity contribution in [1.82, 2.24) is 0 Å². The molecule has 6 rings (SSSR count). The normalized spacial score (nSPS) is 21.6. The van der Waals surface area contributed by atoms with Crippen LogP contribution in [0.5, 0.6) is 11.5 Å². The first-order chi connectivity index (χ1) is 14.2. The van der Waals surface area contributed by atoms with Gasteiger partial charge in [-0.3, -0.25) is 4.79 Å². The second-order valence-electron chi connectivity index (χ2n) is 7.26. The van der Waals surface area contributed by atoms with Crippen molar-refractivity contribution in [2.24, 2.45) is 0 Å². The minimum Gasteiger partial charge on any atom is -0.454 e. The Morgan fingerprint density at radius 1 is 1.07 bits per heavy atom. The van der Waals surface area contributed by atoms with E-state index in [0.717, 1.165) is 28.8 Å². The summed E-state index contributed by atoms with van der Waals surface area (Å²) < 4.78 is 22.8. The van der Waals surface area contributed by atoms with Crippen molar-refractivity contribution in [2.45, 2.75) is 18.6 Å². The fourth-order valence-corrected chi connectivity index (χ4v) is 4.66. The fraction of sp³-hybridized carbons (Fsp3) is 0.227. The van der Waals surface area contributed by atoms with E-state index in [-0.39, 0.29) is 19.2 Å². The van der Waals surface area contributed by atoms with Gasteiger partial charge in [0.25, 0.3) is 5.91 Å². The number of anilines is 1. The first kappa shape index (κ1) is 16.9. The van der Waals surface area contributed by atoms with E-state index in [9.17, 15) is 4.79 Å². The van der Waals surface area contributed by atoms with Gasteiger partial charge < -0.3 is 23.5 Å². The number of hydrogen-bond acceptors (Lipinski definition) is 5. The second-order valence-corrected chi connectivity index (χ2v) is 7.63. The van der Waals surface area contributed by atoms with E-state index < -0.39 is 5.60 Å². The van der Waals surface area contributed by atoms with Gasteiger partial charge >= 0.3 is 0 Å². The van der Waals surface area contributed by atoms with Crippen LogP contribution in [0.25, 0.3) is 0 Å². The molecular formula is C22H16ClNO5. The Balaban J connectivity index is 1.53. The molecule has 0 saturated carbocycles. The van der Waals surface area contributed by atoms with Gasteiger partial charge in [-0.1, -0.05) is 18.2 Å². The van der Waals surface area contributed by atoms with Gasteiger partial charge in [0, 0.05) is 11.1 Å². The molecule has 1 aromatic heterocycles. The minimum atomic E-state index is -1.21. The summed E-state index contributed by atoms with van der Waals surface area (Å²) in [5, 5.41) is 0.295. The van der Waals surface area contributed by atoms with Gasteiger partial charge in [-0.25, -0.2) is 0 Å². The molecule has 0 radical (unpaired) electrons. The number of amides is 1. The van der Waals surface area contributed by atoms with E-state index in [1.165, 1.54) is 0 Å². The summed E-state index contributed by atoms with van der Waals surface area (Å²) >= 11 is 5.93. The highest BCUT2D eigenvalue weighted by molar-refractivity contribution is 6.28. The summed E-state index contributed by atoms with van der Waals surface area (Å²) in [5.41, 5.74) is 2.37. The number of carbonyl (C=O) groups is 1. The van der Waals surface area contributed by atoms with Crippen LogP contribution in [0.3, 0.4) is 0 Å². The first-order valence-corrected chi connectivity index (χ1v) is 9.77. The number of benzene rings is 2. The van der Waals surface area contributed by atoms with Crippen LogP contribution in [0.4, 0.5) is 5.69 Å². The monoisotopic (exact) mass is 409 g/mol. The molecule has 6 nitrogen and oxygen atoms in total. The highest BCUT2D eigenvalue weighted by Crippen LogP contribution is 2.52. The lowest BCUT2D eigenvalue weighted by Gasteiger charge is -2.34. The van der Waals surface area contributed by atoms with Gasteiger partial charge in [-0.2, -0.15) is 0 Å². The van der Waals surface area contributed by atoms with Crippen LogP contribution in [0.1, 0.15) is 22.5 Å². The maximum atomic E-state index is 13.9. The van der Waals surface area contributed by atoms with Crippen LogP contribution in [0.15, 0.2) is 52.9 Å². The zero-order valence-corrected chi connectivity index (χ0v) is 16.1. The predicted molar refractivity (Wildman–Crippen MR) is 104 cm³/mol. The maximum Gasteiger partial charge on any atom is 0.269 e. The van der Waals surface area contributed by atoms with Crippen molar-refractivity contribution >= 4 is 23.2 Å². The molecule has 146 valence electrons. The SMILES string of the molecule is O=C1N(Cc2ccc(Cl)o2)c2cccc3c2C1(c1ccc2c(c1)OCO2)OCC3. The topological polar surface area (TPSA) is 61.1 Å². The molecule has 1 unspecified atom stereocenters. The van der Waals surface area contributed by atoms with Gasteiger partial charge in [0.15, 0.2) is 22.3 Å². The van der Waals surface area contributed by atoms with Crippen LogP contribution < -0.4 is 14.4 Å². The minimum absolute atomic E-state index is 0.147. The predicted octanol–water partition coefficient (Wildman–Crippen LogP) is 4.02. The number of carbonyl (C=O) groups excluding carboxylic acids is 1. The molecule has 1 atom stereocenters. The summed E-state index contributed by atoms with van der Waals surface area (Å²) in [4.78, 5) is 15.6. The van der Waals surface area contributed by atoms with Crippen molar-refractivity contribution < 1.29 is 23.4 Å². The molecule has 0 saturated heterocycles. The number of ether oxygens (including phenoxy) is 3. The molecule has 3 aromatic rings. The summed E-state index contributed by atoms with van der Waals surface area (Å²) in [5.74, 6) is 1.75. The summed E-state index contributed by atoms with van der Waals surface area (Å²) in [6.07, 6.45) is 0.753. The van der Waals surface area contributed by atoms with E-state index in [1.807, 2.05) is 30.3 Å². The smallest absolute Gasteiger partial charge is 0.269 e. The van der Waals surface area contributed by atoms with E-state index in [1.54, 1.807) is 17.0 Å². The Bertz CT molecular complexity index is 1160. The molecule has 29 heavy (non-hydrogen) atoms. The lowest BCUT2D eigenvalue weighted by Crippen LogP contribution is -2.45. The average molecular weight is 410 g/mol. The van der Waals surface area contributed by atoms with Crippen LogP contribution in [0.2, 0.25) is 5.22 Å². The molecule has 0 aliphatic carbocycles. The Kier molecular flexibility index (Phi) is 3.52. The number of rotatable bonds is 3. The molecule has 3 aliphatic rings. The largest absolute Gasteiger partial charge is 0.454 e. The van der Waals surface area contributed by atoms with Crippen LogP contribution in [-0.2, 0) is 28.1 Å². The quantitative estimate of drug-likeness (QED) is 0.653. The number of halogens is 1. The van der Waals surface area contributed by atoms with Gasteiger partial charge in [-0.05, 0) is 53.9 Å². The highest BCUT2D eigenvalue weighted by Gasteiger charge is 2.56. The van der Waals surface area contributed by atoms with Crippen molar-refractivity contribution in [3.8, 4) is 11.5 Å². The number of furan rings is 1. The Morgan fingerprint density at radius 3 is 2.83 bits per heavy atom. The molecule has 0 fully saturated rings. The van der Waals surface area contributed by atoms with E-state index in [4.69, 9.17) is 30.2 Å². The lowest BCUT2D eigenvalue weighted by atomic mass is 9.82. The van der Waals surface area contributed by atoms with Crippen molar-refractivity contribution in [3.05, 3.63) is 76.2 Å². The van der Waals surface area contributed by atoms with Gasteiger partial charge in [0.05, 0.1) is 18.8 Å². The molecule has 2 aromatic carbocycles. The van der Waals surface area contributed by atoms with Crippen LogP contribution in [-0.4, -0.2) is 19.3 Å². The zero-order valence-electron chi connectivity index (χ0n) is 15.3. The highest BCUT2D eigenvalue weighted by atomic mass is 35.5. The third-order valence-electron chi connectivity index (χ3n) is 5.73. The third kappa shape index (κ3) is 2.30. The lowest BCUT2D eigenvalue weighted by molar-refractivity contribution is -0.139. The van der Waals surface area contributed by atoms with Crippen molar-refractivity contribution in [2.75, 3.05) is 18.3 Å². The zero-order chi connectivity index (χ0) is 19.6. The molecule has 0 N–H and O–H groups in total. The standard InChI is InChI=1S/C22H16ClNO5/c23-19-7-5-15(29-19)11-24-16-3-1-2-13-8-9-28-22(20(13)16,21(24)25)14-4-6-17-18(10-14)27-12-26-17/h1-7,10H,8-9,11-12H2. The van der Waals surface area contributed by atoms with Gasteiger partial charge in [0.1, 0.15) is 5.76 Å². The number of hydrogen-bond donors (Lipinski definition) is 0. The van der Waals surface area contributed by atoms with E-state index in [2.05, 4.69) is 6.07 Å². The third-order valence-corrected chi connectivity index (χ3v) is 5.93. The molecule has 3 aliphatic heterocycles. The maximum absolute atomic E-state index is 13.9. The second kappa shape index (κ2) is 6.02. The molecule has 1 amide bonds. The summed E-state index contributed by atoms with van der Waals surface area (Å²) in [6, 6.07) is 15.0. The molecule has 0 spiro atoms. The number of fused-ring (bicyclic) bond motifs is 1. The fourth-order valence-electron chi connectivity index (χ4n) is 4.50. The van der Waals surface area contributed by atoms with E-state index >= 15 is 0 Å². The molecule has 7 heteroatoms. The van der Waals surface area contributed by atoms with Crippen molar-refractivity contribution in [3.63, 3.8) is 0 Å². The summed E-state index contributed by atoms with van der Waals surface area (Å²) in [6.45, 7) is 0.905. The van der Waals surface area contributed by atoms with Crippen LogP contribution in [0, 0.1) is 0 Å². The Labute approximate surface area is 171 Å². The van der Waals surface area contributed by atoms with Crippen molar-refractivity contribution in [1.29, 1.82) is 0 Å². The Hall–Kier alpha value is -2.96. The van der Waals surface area contributed by atoms with E-state index in [0.29, 0.717) is 29.1 Å². The first-order valence-electron chi connectivity index (χ1n) is 9.39. The average Bonchev–Trinajstić information content (AvgIpc) is 3.43. The van der Waals surface area contributed by atoms with Crippen LogP contribution >= 0.6 is 11.6 Å². The molecule has 4 heterocycles. The molecular weight excluding hydrogens is 394 g/mol. The van der Waals surface area contributed by atoms with Gasteiger partial charge in [-0.15, -0.1) is 0 Å². The Morgan fingerprint density at radius 2 is 1.97 bits per heavy atom.